The Bertz CT molecular complexity index is 1030. The number of hydrogen-bond acceptors (Lipinski definition) is 5. The zero-order valence-corrected chi connectivity index (χ0v) is 19.6. The second-order valence-electron chi connectivity index (χ2n) is 8.09. The van der Waals surface area contributed by atoms with Crippen LogP contribution in [0.4, 0.5) is 0 Å². The molecule has 3 aromatic rings. The van der Waals surface area contributed by atoms with Crippen LogP contribution in [0.2, 0.25) is 0 Å². The van der Waals surface area contributed by atoms with Crippen molar-refractivity contribution in [2.75, 3.05) is 34.2 Å². The summed E-state index contributed by atoms with van der Waals surface area (Å²) in [5.74, 6) is 4.17. The molecule has 0 bridgehead atoms. The molecule has 1 atom stereocenters. The third-order valence-electron chi connectivity index (χ3n) is 5.76. The van der Waals surface area contributed by atoms with Crippen LogP contribution in [0, 0.1) is 0 Å². The van der Waals surface area contributed by atoms with E-state index in [1.54, 1.807) is 14.2 Å². The van der Waals surface area contributed by atoms with Crippen molar-refractivity contribution < 1.29 is 28.6 Å². The van der Waals surface area contributed by atoms with Crippen molar-refractivity contribution in [2.24, 2.45) is 0 Å². The summed E-state index contributed by atoms with van der Waals surface area (Å²) in [6, 6.07) is 20.7. The van der Waals surface area contributed by atoms with Crippen molar-refractivity contribution >= 4 is 0 Å². The van der Waals surface area contributed by atoms with E-state index in [1.807, 2.05) is 31.2 Å². The topological polar surface area (TPSA) is 50.6 Å². The van der Waals surface area contributed by atoms with Gasteiger partial charge in [0.2, 0.25) is 6.79 Å². The van der Waals surface area contributed by atoms with Gasteiger partial charge in [0.1, 0.15) is 30.3 Å². The molecule has 0 saturated heterocycles. The normalized spacial score (nSPS) is 12.9. The molecule has 1 unspecified atom stereocenters. The van der Waals surface area contributed by atoms with Crippen molar-refractivity contribution in [2.45, 2.75) is 26.4 Å². The molecule has 0 saturated carbocycles. The minimum absolute atomic E-state index is 0.297. The number of nitrogens with one attached hydrogen (secondary N) is 1. The van der Waals surface area contributed by atoms with E-state index in [4.69, 9.17) is 23.7 Å². The fraction of sp³-hybridized carbons (Fsp3) is 0.333. The molecule has 0 aliphatic carbocycles. The molecule has 1 N–H and O–H groups in total. The number of benzene rings is 3. The highest BCUT2D eigenvalue weighted by molar-refractivity contribution is 5.44. The number of hydrogen-bond donors (Lipinski definition) is 1. The first kappa shape index (κ1) is 22.8. The molecule has 4 rings (SSSR count). The molecule has 0 radical (unpaired) electrons. The van der Waals surface area contributed by atoms with Gasteiger partial charge in [-0.3, -0.25) is 0 Å². The minimum Gasteiger partial charge on any atom is -0.497 e. The van der Waals surface area contributed by atoms with E-state index in [-0.39, 0.29) is 0 Å². The van der Waals surface area contributed by atoms with Gasteiger partial charge >= 0.3 is 0 Å². The van der Waals surface area contributed by atoms with Crippen molar-refractivity contribution in [3.05, 3.63) is 77.4 Å². The van der Waals surface area contributed by atoms with Crippen molar-refractivity contribution in [3.63, 3.8) is 0 Å². The van der Waals surface area contributed by atoms with Gasteiger partial charge in [-0.25, -0.2) is 0 Å². The standard InChI is InChI=1S/C27H31NO5/c1-4-31-23-8-5-21(6-9-23)17-28(18-22-13-24(29-2)16-25(14-22)30-3)12-11-20-7-10-26-27(15-20)33-19-32-26/h5-10,13-16H,4,11-12,17-19H2,1-3H3/p+1. The molecule has 174 valence electrons. The molecule has 6 nitrogen and oxygen atoms in total. The first-order valence-corrected chi connectivity index (χ1v) is 11.3. The molecule has 0 fully saturated rings. The molecule has 33 heavy (non-hydrogen) atoms. The predicted molar refractivity (Wildman–Crippen MR) is 127 cm³/mol. The summed E-state index contributed by atoms with van der Waals surface area (Å²) in [6.07, 6.45) is 0.935. The maximum absolute atomic E-state index is 5.60. The molecule has 1 aliphatic rings. The second-order valence-corrected chi connectivity index (χ2v) is 8.09. The number of fused-ring (bicyclic) bond motifs is 1. The molecule has 0 spiro atoms. The number of ether oxygens (including phenoxy) is 5. The molecular weight excluding hydrogens is 418 g/mol. The van der Waals surface area contributed by atoms with E-state index in [0.29, 0.717) is 13.4 Å². The van der Waals surface area contributed by atoms with Gasteiger partial charge in [0.05, 0.1) is 27.4 Å². The Kier molecular flexibility index (Phi) is 7.58. The van der Waals surface area contributed by atoms with E-state index >= 15 is 0 Å². The van der Waals surface area contributed by atoms with Gasteiger partial charge in [0.25, 0.3) is 0 Å². The number of rotatable bonds is 11. The zero-order chi connectivity index (χ0) is 23.0. The summed E-state index contributed by atoms with van der Waals surface area (Å²) in [6.45, 7) is 5.68. The van der Waals surface area contributed by atoms with Gasteiger partial charge in [-0.2, -0.15) is 0 Å². The molecule has 0 amide bonds. The van der Waals surface area contributed by atoms with Crippen molar-refractivity contribution in [1.29, 1.82) is 0 Å². The predicted octanol–water partition coefficient (Wildman–Crippen LogP) is 3.66. The summed E-state index contributed by atoms with van der Waals surface area (Å²) >= 11 is 0. The van der Waals surface area contributed by atoms with E-state index < -0.39 is 0 Å². The Morgan fingerprint density at radius 3 is 2.09 bits per heavy atom. The smallest absolute Gasteiger partial charge is 0.231 e. The molecular formula is C27H32NO5+. The van der Waals surface area contributed by atoms with Crippen LogP contribution in [0.3, 0.4) is 0 Å². The first-order chi connectivity index (χ1) is 16.2. The monoisotopic (exact) mass is 450 g/mol. The average Bonchev–Trinajstić information content (AvgIpc) is 3.31. The Balaban J connectivity index is 1.50. The fourth-order valence-corrected chi connectivity index (χ4v) is 4.07. The lowest BCUT2D eigenvalue weighted by molar-refractivity contribution is -0.927. The van der Waals surface area contributed by atoms with Crippen LogP contribution in [-0.2, 0) is 19.5 Å². The average molecular weight is 451 g/mol. The summed E-state index contributed by atoms with van der Waals surface area (Å²) in [4.78, 5) is 1.44. The zero-order valence-electron chi connectivity index (χ0n) is 19.6. The van der Waals surface area contributed by atoms with Gasteiger partial charge in [-0.15, -0.1) is 0 Å². The van der Waals surface area contributed by atoms with Gasteiger partial charge in [0, 0.05) is 23.6 Å². The van der Waals surface area contributed by atoms with Crippen LogP contribution < -0.4 is 28.6 Å². The van der Waals surface area contributed by atoms with E-state index in [9.17, 15) is 0 Å². The van der Waals surface area contributed by atoms with Crippen molar-refractivity contribution in [3.8, 4) is 28.7 Å². The van der Waals surface area contributed by atoms with Crippen LogP contribution in [0.5, 0.6) is 28.7 Å². The van der Waals surface area contributed by atoms with E-state index in [1.165, 1.54) is 21.6 Å². The summed E-state index contributed by atoms with van der Waals surface area (Å²) in [5.41, 5.74) is 3.69. The molecule has 0 aromatic heterocycles. The van der Waals surface area contributed by atoms with Crippen LogP contribution in [0.25, 0.3) is 0 Å². The Morgan fingerprint density at radius 2 is 1.39 bits per heavy atom. The summed E-state index contributed by atoms with van der Waals surface area (Å²) in [7, 11) is 3.37. The molecule has 1 heterocycles. The highest BCUT2D eigenvalue weighted by Gasteiger charge is 2.16. The van der Waals surface area contributed by atoms with Crippen LogP contribution in [0.15, 0.2) is 60.7 Å². The lowest BCUT2D eigenvalue weighted by Crippen LogP contribution is -3.09. The van der Waals surface area contributed by atoms with Gasteiger partial charge in [0.15, 0.2) is 11.5 Å². The highest BCUT2D eigenvalue weighted by Crippen LogP contribution is 2.32. The second kappa shape index (κ2) is 11.0. The minimum atomic E-state index is 0.297. The summed E-state index contributed by atoms with van der Waals surface area (Å²) in [5, 5.41) is 0. The fourth-order valence-electron chi connectivity index (χ4n) is 4.07. The van der Waals surface area contributed by atoms with Gasteiger partial charge < -0.3 is 28.6 Å². The SMILES string of the molecule is CCOc1ccc(C[NH+](CCc2ccc3c(c2)OCO3)Cc2cc(OC)cc(OC)c2)cc1. The van der Waals surface area contributed by atoms with E-state index in [2.05, 4.69) is 36.4 Å². The Hall–Kier alpha value is -3.38. The first-order valence-electron chi connectivity index (χ1n) is 11.3. The maximum atomic E-state index is 5.60. The Labute approximate surface area is 195 Å². The van der Waals surface area contributed by atoms with Crippen LogP contribution >= 0.6 is 0 Å². The lowest BCUT2D eigenvalue weighted by Gasteiger charge is -2.21. The number of methoxy groups -OCH3 is 2. The highest BCUT2D eigenvalue weighted by atomic mass is 16.7. The van der Waals surface area contributed by atoms with E-state index in [0.717, 1.165) is 54.8 Å². The maximum Gasteiger partial charge on any atom is 0.231 e. The number of quaternary nitrogens is 1. The quantitative estimate of drug-likeness (QED) is 0.483. The molecule has 6 heteroatoms. The molecule has 3 aromatic carbocycles. The largest absolute Gasteiger partial charge is 0.497 e. The van der Waals surface area contributed by atoms with Crippen LogP contribution in [-0.4, -0.2) is 34.2 Å². The van der Waals surface area contributed by atoms with Gasteiger partial charge in [-0.1, -0.05) is 6.07 Å². The summed E-state index contributed by atoms with van der Waals surface area (Å²) < 4.78 is 27.5. The van der Waals surface area contributed by atoms with Gasteiger partial charge in [-0.05, 0) is 61.0 Å². The van der Waals surface area contributed by atoms with Crippen molar-refractivity contribution in [1.82, 2.24) is 0 Å². The molecule has 1 aliphatic heterocycles. The Morgan fingerprint density at radius 1 is 0.727 bits per heavy atom. The lowest BCUT2D eigenvalue weighted by atomic mass is 10.1. The van der Waals surface area contributed by atoms with Crippen LogP contribution in [0.1, 0.15) is 23.6 Å². The third-order valence-corrected chi connectivity index (χ3v) is 5.76. The third kappa shape index (κ3) is 6.11.